The zero-order valence-corrected chi connectivity index (χ0v) is 11.2. The highest BCUT2D eigenvalue weighted by molar-refractivity contribution is 5.99. The van der Waals surface area contributed by atoms with Crippen molar-refractivity contribution >= 4 is 17.3 Å². The number of benzene rings is 1. The first-order valence-corrected chi connectivity index (χ1v) is 6.56. The lowest BCUT2D eigenvalue weighted by molar-refractivity contribution is 0.100. The standard InChI is InChI=1S/C14H19N5O/c15-11-3-4-12(14(16)20)13(9-11)18-5-1-2-7-19-8-6-17-10-19/h3-4,6,8-10,18H,1-2,5,7,15H2,(H2,16,20). The number of aromatic nitrogens is 2. The van der Waals surface area contributed by atoms with Crippen molar-refractivity contribution < 1.29 is 4.79 Å². The number of anilines is 2. The topological polar surface area (TPSA) is 99.0 Å². The van der Waals surface area contributed by atoms with Crippen LogP contribution >= 0.6 is 0 Å². The summed E-state index contributed by atoms with van der Waals surface area (Å²) in [6.07, 6.45) is 7.51. The number of nitrogens with one attached hydrogen (secondary N) is 1. The number of unbranched alkanes of at least 4 members (excludes halogenated alkanes) is 1. The highest BCUT2D eigenvalue weighted by Gasteiger charge is 2.07. The van der Waals surface area contributed by atoms with E-state index in [2.05, 4.69) is 10.3 Å². The Labute approximate surface area is 117 Å². The van der Waals surface area contributed by atoms with Crippen LogP contribution in [0.2, 0.25) is 0 Å². The fraction of sp³-hybridized carbons (Fsp3) is 0.286. The molecule has 6 heteroatoms. The van der Waals surface area contributed by atoms with Gasteiger partial charge in [0.25, 0.3) is 5.91 Å². The average Bonchev–Trinajstić information content (AvgIpc) is 2.91. The maximum Gasteiger partial charge on any atom is 0.250 e. The molecule has 0 atom stereocenters. The van der Waals surface area contributed by atoms with Gasteiger partial charge in [-0.25, -0.2) is 4.98 Å². The minimum Gasteiger partial charge on any atom is -0.399 e. The van der Waals surface area contributed by atoms with Crippen LogP contribution in [0.1, 0.15) is 23.2 Å². The van der Waals surface area contributed by atoms with Crippen LogP contribution in [-0.4, -0.2) is 22.0 Å². The second-order valence-electron chi connectivity index (χ2n) is 4.60. The predicted octanol–water partition coefficient (Wildman–Crippen LogP) is 1.46. The van der Waals surface area contributed by atoms with E-state index < -0.39 is 5.91 Å². The lowest BCUT2D eigenvalue weighted by Gasteiger charge is -2.11. The number of hydrogen-bond acceptors (Lipinski definition) is 4. The molecule has 0 aliphatic carbocycles. The van der Waals surface area contributed by atoms with E-state index in [1.54, 1.807) is 30.7 Å². The number of rotatable bonds is 7. The van der Waals surface area contributed by atoms with Gasteiger partial charge in [-0.3, -0.25) is 4.79 Å². The molecule has 0 fully saturated rings. The first-order chi connectivity index (χ1) is 9.66. The van der Waals surface area contributed by atoms with Crippen molar-refractivity contribution in [2.24, 2.45) is 5.73 Å². The number of amides is 1. The number of nitrogen functional groups attached to an aromatic ring is 1. The van der Waals surface area contributed by atoms with Crippen LogP contribution in [0.5, 0.6) is 0 Å². The van der Waals surface area contributed by atoms with Gasteiger partial charge in [0.1, 0.15) is 0 Å². The summed E-state index contributed by atoms with van der Waals surface area (Å²) in [5.41, 5.74) is 12.8. The molecule has 20 heavy (non-hydrogen) atoms. The van der Waals surface area contributed by atoms with Gasteiger partial charge in [-0.15, -0.1) is 0 Å². The Hall–Kier alpha value is -2.50. The summed E-state index contributed by atoms with van der Waals surface area (Å²) in [7, 11) is 0. The molecule has 0 aliphatic rings. The van der Waals surface area contributed by atoms with Crippen molar-refractivity contribution in [1.29, 1.82) is 0 Å². The lowest BCUT2D eigenvalue weighted by atomic mass is 10.1. The number of primary amides is 1. The average molecular weight is 273 g/mol. The van der Waals surface area contributed by atoms with Gasteiger partial charge >= 0.3 is 0 Å². The molecular weight excluding hydrogens is 254 g/mol. The summed E-state index contributed by atoms with van der Waals surface area (Å²) in [5, 5.41) is 3.21. The smallest absolute Gasteiger partial charge is 0.250 e. The molecule has 0 radical (unpaired) electrons. The third kappa shape index (κ3) is 3.74. The van der Waals surface area contributed by atoms with Gasteiger partial charge in [0.05, 0.1) is 11.9 Å². The van der Waals surface area contributed by atoms with E-state index in [0.29, 0.717) is 16.9 Å². The zero-order valence-electron chi connectivity index (χ0n) is 11.2. The normalized spacial score (nSPS) is 10.4. The number of aryl methyl sites for hydroxylation is 1. The Bertz CT molecular complexity index is 565. The molecule has 1 aromatic carbocycles. The van der Waals surface area contributed by atoms with Gasteiger partial charge in [-0.1, -0.05) is 0 Å². The van der Waals surface area contributed by atoms with Crippen LogP contribution in [0.4, 0.5) is 11.4 Å². The molecule has 0 unspecified atom stereocenters. The third-order valence-corrected chi connectivity index (χ3v) is 3.03. The largest absolute Gasteiger partial charge is 0.399 e. The van der Waals surface area contributed by atoms with Crippen LogP contribution in [0.15, 0.2) is 36.9 Å². The van der Waals surface area contributed by atoms with E-state index >= 15 is 0 Å². The minimum absolute atomic E-state index is 0.453. The Morgan fingerprint density at radius 2 is 2.20 bits per heavy atom. The van der Waals surface area contributed by atoms with Crippen LogP contribution < -0.4 is 16.8 Å². The molecule has 5 N–H and O–H groups in total. The van der Waals surface area contributed by atoms with Gasteiger partial charge in [0.2, 0.25) is 0 Å². The highest BCUT2D eigenvalue weighted by Crippen LogP contribution is 2.18. The Kier molecular flexibility index (Phi) is 4.60. The highest BCUT2D eigenvalue weighted by atomic mass is 16.1. The number of imidazole rings is 1. The van der Waals surface area contributed by atoms with E-state index in [-0.39, 0.29) is 0 Å². The third-order valence-electron chi connectivity index (χ3n) is 3.03. The molecule has 6 nitrogen and oxygen atoms in total. The maximum absolute atomic E-state index is 11.3. The molecule has 1 aromatic heterocycles. The predicted molar refractivity (Wildman–Crippen MR) is 79.3 cm³/mol. The van der Waals surface area contributed by atoms with Crippen molar-refractivity contribution in [3.05, 3.63) is 42.5 Å². The second-order valence-corrected chi connectivity index (χ2v) is 4.60. The fourth-order valence-electron chi connectivity index (χ4n) is 1.98. The van der Waals surface area contributed by atoms with Crippen molar-refractivity contribution in [1.82, 2.24) is 9.55 Å². The quantitative estimate of drug-likeness (QED) is 0.525. The molecule has 0 bridgehead atoms. The Balaban J connectivity index is 1.81. The van der Waals surface area contributed by atoms with E-state index in [1.165, 1.54) is 0 Å². The van der Waals surface area contributed by atoms with Gasteiger partial charge in [0, 0.05) is 36.9 Å². The molecule has 1 amide bonds. The van der Waals surface area contributed by atoms with Crippen LogP contribution in [-0.2, 0) is 6.54 Å². The summed E-state index contributed by atoms with van der Waals surface area (Å²) >= 11 is 0. The number of nitrogens with two attached hydrogens (primary N) is 2. The Morgan fingerprint density at radius 1 is 1.35 bits per heavy atom. The fourth-order valence-corrected chi connectivity index (χ4v) is 1.98. The van der Waals surface area contributed by atoms with Crippen LogP contribution in [0.3, 0.4) is 0 Å². The molecule has 0 saturated carbocycles. The molecule has 0 saturated heterocycles. The van der Waals surface area contributed by atoms with Crippen molar-refractivity contribution in [3.63, 3.8) is 0 Å². The molecular formula is C14H19N5O. The number of hydrogen-bond donors (Lipinski definition) is 3. The summed E-state index contributed by atoms with van der Waals surface area (Å²) < 4.78 is 2.04. The first-order valence-electron chi connectivity index (χ1n) is 6.56. The molecule has 1 heterocycles. The van der Waals surface area contributed by atoms with Gasteiger partial charge in [-0.05, 0) is 31.0 Å². The lowest BCUT2D eigenvalue weighted by Crippen LogP contribution is -2.15. The summed E-state index contributed by atoms with van der Waals surface area (Å²) in [6, 6.07) is 5.05. The van der Waals surface area contributed by atoms with Crippen LogP contribution in [0.25, 0.3) is 0 Å². The van der Waals surface area contributed by atoms with E-state index in [4.69, 9.17) is 11.5 Å². The van der Waals surface area contributed by atoms with Crippen molar-refractivity contribution in [2.45, 2.75) is 19.4 Å². The molecule has 0 aliphatic heterocycles. The minimum atomic E-state index is -0.453. The van der Waals surface area contributed by atoms with Crippen molar-refractivity contribution in [3.8, 4) is 0 Å². The first kappa shape index (κ1) is 13.9. The summed E-state index contributed by atoms with van der Waals surface area (Å²) in [6.45, 7) is 1.69. The van der Waals surface area contributed by atoms with Crippen LogP contribution in [0, 0.1) is 0 Å². The number of nitrogens with zero attached hydrogens (tertiary/aromatic N) is 2. The van der Waals surface area contributed by atoms with Gasteiger partial charge in [0.15, 0.2) is 0 Å². The SMILES string of the molecule is NC(=O)c1ccc(N)cc1NCCCCn1ccnc1. The zero-order chi connectivity index (χ0) is 14.4. The summed E-state index contributed by atoms with van der Waals surface area (Å²) in [4.78, 5) is 15.3. The van der Waals surface area contributed by atoms with Gasteiger partial charge in [-0.2, -0.15) is 0 Å². The van der Waals surface area contributed by atoms with Gasteiger partial charge < -0.3 is 21.4 Å². The molecule has 0 spiro atoms. The Morgan fingerprint density at radius 3 is 2.90 bits per heavy atom. The second kappa shape index (κ2) is 6.60. The molecule has 2 aromatic rings. The van der Waals surface area contributed by atoms with Crippen molar-refractivity contribution in [2.75, 3.05) is 17.6 Å². The monoisotopic (exact) mass is 273 g/mol. The maximum atomic E-state index is 11.3. The molecule has 106 valence electrons. The van der Waals surface area contributed by atoms with E-state index in [9.17, 15) is 4.79 Å². The molecule has 2 rings (SSSR count). The number of carbonyl (C=O) groups excluding carboxylic acids is 1. The van der Waals surface area contributed by atoms with E-state index in [0.717, 1.165) is 25.9 Å². The van der Waals surface area contributed by atoms with E-state index in [1.807, 2.05) is 10.8 Å². The number of carbonyl (C=O) groups is 1. The summed E-state index contributed by atoms with van der Waals surface area (Å²) in [5.74, 6) is -0.453.